The van der Waals surface area contributed by atoms with E-state index in [-0.39, 0.29) is 34.1 Å². The SMILES string of the molecule is Cn1nc(CS(C)(=O)=O)c2c(Cl)ccc(-c3ccc(C#CC(C)(C)O)nc3[C@@H](CC(=O)Cn3nc(C(F)F)cc3C(F)F)Cc3cc(F)cc(F)c3)c21. The quantitative estimate of drug-likeness (QED) is 0.104. The normalized spacial score (nSPS) is 12.8. The Labute approximate surface area is 305 Å². The molecule has 2 aromatic carbocycles. The lowest BCUT2D eigenvalue weighted by Gasteiger charge is -2.21. The van der Waals surface area contributed by atoms with E-state index >= 15 is 0 Å². The van der Waals surface area contributed by atoms with Gasteiger partial charge in [-0.2, -0.15) is 10.2 Å². The fourth-order valence-electron chi connectivity index (χ4n) is 5.97. The number of hydrogen-bond donors (Lipinski definition) is 1. The van der Waals surface area contributed by atoms with E-state index < -0.39 is 81.7 Å². The van der Waals surface area contributed by atoms with Crippen LogP contribution in [-0.2, 0) is 40.4 Å². The summed E-state index contributed by atoms with van der Waals surface area (Å²) in [5, 5.41) is 18.7. The van der Waals surface area contributed by atoms with Gasteiger partial charge in [-0.25, -0.2) is 39.7 Å². The van der Waals surface area contributed by atoms with E-state index in [0.717, 1.165) is 18.4 Å². The molecule has 1 N–H and O–H groups in total. The zero-order chi connectivity index (χ0) is 39.0. The zero-order valence-corrected chi connectivity index (χ0v) is 30.2. The van der Waals surface area contributed by atoms with Gasteiger partial charge in [-0.15, -0.1) is 0 Å². The van der Waals surface area contributed by atoms with Gasteiger partial charge in [0.05, 0.1) is 27.7 Å². The molecule has 17 heteroatoms. The summed E-state index contributed by atoms with van der Waals surface area (Å²) in [5.41, 5.74) is -1.61. The molecule has 1 atom stereocenters. The second-order valence-corrected chi connectivity index (χ2v) is 15.6. The van der Waals surface area contributed by atoms with Crippen LogP contribution in [0.15, 0.2) is 48.5 Å². The van der Waals surface area contributed by atoms with Crippen LogP contribution in [0.5, 0.6) is 0 Å². The summed E-state index contributed by atoms with van der Waals surface area (Å²) in [6, 6.07) is 9.53. The Morgan fingerprint density at radius 1 is 0.981 bits per heavy atom. The number of nitrogens with zero attached hydrogens (tertiary/aromatic N) is 5. The van der Waals surface area contributed by atoms with Gasteiger partial charge >= 0.3 is 0 Å². The summed E-state index contributed by atoms with van der Waals surface area (Å²) >= 11 is 6.58. The second-order valence-electron chi connectivity index (χ2n) is 13.1. The monoisotopic (exact) mass is 779 g/mol. The number of alkyl halides is 4. The van der Waals surface area contributed by atoms with Crippen molar-refractivity contribution < 1.29 is 44.7 Å². The molecule has 0 fully saturated rings. The lowest BCUT2D eigenvalue weighted by Crippen LogP contribution is -2.19. The van der Waals surface area contributed by atoms with Crippen LogP contribution < -0.4 is 0 Å². The van der Waals surface area contributed by atoms with Crippen molar-refractivity contribution in [3.05, 3.63) is 99.2 Å². The Bertz CT molecular complexity index is 2360. The number of Topliss-reactive ketones (excluding diaryl/α,β-unsaturated/α-hetero) is 1. The Morgan fingerprint density at radius 2 is 1.64 bits per heavy atom. The highest BCUT2D eigenvalue weighted by atomic mass is 35.5. The molecule has 9 nitrogen and oxygen atoms in total. The highest BCUT2D eigenvalue weighted by molar-refractivity contribution is 7.89. The molecule has 3 heterocycles. The maximum atomic E-state index is 14.4. The molecule has 53 heavy (non-hydrogen) atoms. The van der Waals surface area contributed by atoms with Crippen molar-refractivity contribution in [2.75, 3.05) is 6.26 Å². The van der Waals surface area contributed by atoms with Gasteiger partial charge in [0, 0.05) is 48.2 Å². The van der Waals surface area contributed by atoms with Gasteiger partial charge < -0.3 is 5.11 Å². The highest BCUT2D eigenvalue weighted by Crippen LogP contribution is 2.40. The molecule has 0 aliphatic rings. The molecule has 0 saturated carbocycles. The minimum absolute atomic E-state index is 0.102. The lowest BCUT2D eigenvalue weighted by molar-refractivity contribution is -0.120. The van der Waals surface area contributed by atoms with Crippen molar-refractivity contribution in [2.45, 2.75) is 63.4 Å². The number of sulfone groups is 1. The van der Waals surface area contributed by atoms with E-state index in [1.165, 1.54) is 30.7 Å². The molecule has 0 amide bonds. The van der Waals surface area contributed by atoms with Crippen molar-refractivity contribution >= 4 is 38.1 Å². The van der Waals surface area contributed by atoms with Gasteiger partial charge in [-0.05, 0) is 68.2 Å². The third-order valence-electron chi connectivity index (χ3n) is 7.99. The molecule has 0 aliphatic carbocycles. The van der Waals surface area contributed by atoms with Gasteiger partial charge in [-0.1, -0.05) is 23.6 Å². The number of rotatable bonds is 12. The lowest BCUT2D eigenvalue weighted by atomic mass is 9.86. The number of halogens is 7. The van der Waals surface area contributed by atoms with Crippen molar-refractivity contribution in [3.8, 4) is 23.0 Å². The van der Waals surface area contributed by atoms with Crippen LogP contribution in [0, 0.1) is 23.5 Å². The third-order valence-corrected chi connectivity index (χ3v) is 9.10. The number of carbonyl (C=O) groups excluding carboxylic acids is 1. The molecule has 5 rings (SSSR count). The molecular formula is C36H32ClF6N5O4S. The number of aliphatic hydroxyl groups is 1. The third kappa shape index (κ3) is 9.64. The number of aryl methyl sites for hydroxylation is 1. The minimum Gasteiger partial charge on any atom is -0.378 e. The summed E-state index contributed by atoms with van der Waals surface area (Å²) in [6.07, 6.45) is -6.10. The van der Waals surface area contributed by atoms with Crippen LogP contribution in [0.1, 0.15) is 73.1 Å². The van der Waals surface area contributed by atoms with Crippen molar-refractivity contribution in [2.24, 2.45) is 7.05 Å². The first-order valence-corrected chi connectivity index (χ1v) is 18.3. The molecule has 3 aromatic heterocycles. The van der Waals surface area contributed by atoms with Crippen LogP contribution in [0.25, 0.3) is 22.0 Å². The molecular weight excluding hydrogens is 748 g/mol. The summed E-state index contributed by atoms with van der Waals surface area (Å²) in [5.74, 6) is 1.34. The van der Waals surface area contributed by atoms with Crippen LogP contribution >= 0.6 is 11.6 Å². The minimum atomic E-state index is -3.56. The van der Waals surface area contributed by atoms with Crippen molar-refractivity contribution in [3.63, 3.8) is 0 Å². The molecule has 5 aromatic rings. The van der Waals surface area contributed by atoms with E-state index in [0.29, 0.717) is 38.8 Å². The first-order chi connectivity index (χ1) is 24.7. The number of hydrogen-bond acceptors (Lipinski definition) is 7. The first-order valence-electron chi connectivity index (χ1n) is 15.9. The van der Waals surface area contributed by atoms with E-state index in [4.69, 9.17) is 16.6 Å². The highest BCUT2D eigenvalue weighted by Gasteiger charge is 2.28. The Hall–Kier alpha value is -4.72. The molecule has 0 spiro atoms. The van der Waals surface area contributed by atoms with Gasteiger partial charge in [0.25, 0.3) is 12.9 Å². The number of aromatic nitrogens is 5. The number of ketones is 1. The van der Waals surface area contributed by atoms with E-state index in [1.807, 2.05) is 0 Å². The van der Waals surface area contributed by atoms with Crippen LogP contribution in [0.3, 0.4) is 0 Å². The molecule has 0 unspecified atom stereocenters. The topological polar surface area (TPSA) is 120 Å². The summed E-state index contributed by atoms with van der Waals surface area (Å²) in [4.78, 5) is 18.4. The molecule has 0 bridgehead atoms. The van der Waals surface area contributed by atoms with Crippen molar-refractivity contribution in [1.82, 2.24) is 24.5 Å². The fraction of sp³-hybridized carbons (Fsp3) is 0.333. The van der Waals surface area contributed by atoms with Gasteiger partial charge in [0.2, 0.25) is 0 Å². The largest absolute Gasteiger partial charge is 0.378 e. The van der Waals surface area contributed by atoms with E-state index in [1.54, 1.807) is 19.2 Å². The van der Waals surface area contributed by atoms with E-state index in [2.05, 4.69) is 22.0 Å². The average Bonchev–Trinajstić information content (AvgIpc) is 3.60. The molecule has 0 saturated heterocycles. The van der Waals surface area contributed by atoms with Gasteiger partial charge in [-0.3, -0.25) is 14.2 Å². The predicted octanol–water partition coefficient (Wildman–Crippen LogP) is 7.29. The smallest absolute Gasteiger partial charge is 0.282 e. The Morgan fingerprint density at radius 3 is 2.25 bits per heavy atom. The van der Waals surface area contributed by atoms with E-state index in [9.17, 15) is 44.7 Å². The summed E-state index contributed by atoms with van der Waals surface area (Å²) in [7, 11) is -2.00. The number of carbonyl (C=O) groups is 1. The zero-order valence-electron chi connectivity index (χ0n) is 28.6. The number of benzene rings is 2. The predicted molar refractivity (Wildman–Crippen MR) is 185 cm³/mol. The second kappa shape index (κ2) is 15.3. The maximum Gasteiger partial charge on any atom is 0.282 e. The number of fused-ring (bicyclic) bond motifs is 1. The molecule has 0 aliphatic heterocycles. The molecule has 280 valence electrons. The van der Waals surface area contributed by atoms with Crippen LogP contribution in [0.4, 0.5) is 26.3 Å². The van der Waals surface area contributed by atoms with Gasteiger partial charge in [0.15, 0.2) is 15.6 Å². The van der Waals surface area contributed by atoms with Crippen LogP contribution in [0.2, 0.25) is 5.02 Å². The standard InChI is InChI=1S/C36H32ClF6N5O4S/c1-36(2,50)10-9-23-5-6-25(26-7-8-27(37)31-29(18-53(4,51)52)45-47(3)33(26)31)32(44-23)20(11-19-12-21(38)15-22(39)13-19)14-24(49)17-48-30(35(42)43)16-28(46-48)34(40)41/h5-8,12-13,15-16,20,34-35,50H,11,14,17-18H2,1-4H3/t20-/m1/s1. The van der Waals surface area contributed by atoms with Crippen LogP contribution in [-0.4, -0.2) is 55.7 Å². The Kier molecular flexibility index (Phi) is 11.4. The van der Waals surface area contributed by atoms with Crippen molar-refractivity contribution in [1.29, 1.82) is 0 Å². The summed E-state index contributed by atoms with van der Waals surface area (Å²) in [6.45, 7) is 2.05. The Balaban J connectivity index is 1.73. The maximum absolute atomic E-state index is 14.4. The first kappa shape index (κ1) is 39.5. The molecule has 0 radical (unpaired) electrons. The number of pyridine rings is 1. The summed E-state index contributed by atoms with van der Waals surface area (Å²) < 4.78 is 110. The fourth-order valence-corrected chi connectivity index (χ4v) is 6.93. The average molecular weight is 780 g/mol. The van der Waals surface area contributed by atoms with Gasteiger partial charge in [0.1, 0.15) is 40.9 Å².